The van der Waals surface area contributed by atoms with Gasteiger partial charge >= 0.3 is 0 Å². The van der Waals surface area contributed by atoms with Gasteiger partial charge in [0.05, 0.1) is 0 Å². The number of likely N-dealkylation sites (tertiary alicyclic amines) is 2. The molecule has 0 spiro atoms. The third-order valence-corrected chi connectivity index (χ3v) is 5.69. The van der Waals surface area contributed by atoms with Crippen molar-refractivity contribution >= 4 is 11.8 Å². The van der Waals surface area contributed by atoms with Crippen LogP contribution in [0.15, 0.2) is 24.3 Å². The number of amides is 2. The van der Waals surface area contributed by atoms with E-state index in [1.807, 2.05) is 34.1 Å². The maximum Gasteiger partial charge on any atom is 0.253 e. The number of hydrogen-bond donors (Lipinski definition) is 0. The molecule has 2 amide bonds. The summed E-state index contributed by atoms with van der Waals surface area (Å²) >= 11 is 0. The van der Waals surface area contributed by atoms with Crippen molar-refractivity contribution in [1.29, 1.82) is 0 Å². The molecule has 1 aromatic rings. The lowest BCUT2D eigenvalue weighted by Crippen LogP contribution is -2.43. The molecule has 142 valence electrons. The number of carbonyl (C=O) groups is 2. The average molecular weight is 357 g/mol. The number of rotatable bonds is 2. The van der Waals surface area contributed by atoms with Gasteiger partial charge in [-0.15, -0.1) is 0 Å². The molecule has 2 aliphatic rings. The molecule has 0 bridgehead atoms. The monoisotopic (exact) mass is 356 g/mol. The topological polar surface area (TPSA) is 40.6 Å². The van der Waals surface area contributed by atoms with E-state index in [-0.39, 0.29) is 11.8 Å². The summed E-state index contributed by atoms with van der Waals surface area (Å²) in [6.07, 6.45) is 2.37. The second kappa shape index (κ2) is 7.81. The number of benzene rings is 1. The summed E-state index contributed by atoms with van der Waals surface area (Å²) in [7, 11) is 0. The number of hydrogen-bond acceptors (Lipinski definition) is 2. The molecule has 2 heterocycles. The van der Waals surface area contributed by atoms with E-state index >= 15 is 0 Å². The van der Waals surface area contributed by atoms with Crippen molar-refractivity contribution < 1.29 is 9.59 Å². The summed E-state index contributed by atoms with van der Waals surface area (Å²) in [5.41, 5.74) is 1.37. The highest BCUT2D eigenvalue weighted by Crippen LogP contribution is 2.24. The van der Waals surface area contributed by atoms with Gasteiger partial charge in [0, 0.05) is 37.3 Å². The molecule has 1 aromatic carbocycles. The van der Waals surface area contributed by atoms with E-state index in [4.69, 9.17) is 0 Å². The van der Waals surface area contributed by atoms with Crippen molar-refractivity contribution in [2.24, 2.45) is 23.7 Å². The summed E-state index contributed by atoms with van der Waals surface area (Å²) in [6.45, 7) is 12.1. The van der Waals surface area contributed by atoms with E-state index in [0.717, 1.165) is 26.2 Å². The Labute approximate surface area is 157 Å². The van der Waals surface area contributed by atoms with Crippen LogP contribution in [-0.2, 0) is 0 Å². The molecule has 0 saturated carbocycles. The summed E-state index contributed by atoms with van der Waals surface area (Å²) < 4.78 is 0. The van der Waals surface area contributed by atoms with Crippen molar-refractivity contribution in [1.82, 2.24) is 9.80 Å². The Morgan fingerprint density at radius 1 is 0.654 bits per heavy atom. The van der Waals surface area contributed by atoms with E-state index in [9.17, 15) is 9.59 Å². The standard InChI is InChI=1S/C22H32N2O2/c1-15-9-16(2)12-23(11-15)21(25)19-5-7-20(8-6-19)22(26)24-13-17(3)10-18(4)14-24/h5-8,15-18H,9-14H2,1-4H3/t15-,16-,17-,18+/m0/s1. The first-order valence-corrected chi connectivity index (χ1v) is 10.0. The van der Waals surface area contributed by atoms with Gasteiger partial charge in [-0.1, -0.05) is 27.7 Å². The summed E-state index contributed by atoms with van der Waals surface area (Å²) in [4.78, 5) is 29.5. The molecule has 2 saturated heterocycles. The van der Waals surface area contributed by atoms with Crippen LogP contribution in [0.1, 0.15) is 61.3 Å². The Morgan fingerprint density at radius 2 is 0.923 bits per heavy atom. The van der Waals surface area contributed by atoms with Crippen LogP contribution >= 0.6 is 0 Å². The minimum Gasteiger partial charge on any atom is -0.338 e. The third kappa shape index (κ3) is 4.28. The molecule has 0 radical (unpaired) electrons. The normalized spacial score (nSPS) is 29.5. The number of nitrogens with zero attached hydrogens (tertiary/aromatic N) is 2. The van der Waals surface area contributed by atoms with E-state index < -0.39 is 0 Å². The zero-order valence-electron chi connectivity index (χ0n) is 16.6. The maximum absolute atomic E-state index is 12.8. The fraction of sp³-hybridized carbons (Fsp3) is 0.636. The molecule has 0 aromatic heterocycles. The van der Waals surface area contributed by atoms with Crippen molar-refractivity contribution in [2.75, 3.05) is 26.2 Å². The summed E-state index contributed by atoms with van der Waals surface area (Å²) in [6, 6.07) is 7.26. The van der Waals surface area contributed by atoms with Crippen molar-refractivity contribution in [3.8, 4) is 0 Å². The Hall–Kier alpha value is -1.84. The van der Waals surface area contributed by atoms with Gasteiger partial charge in [0.1, 0.15) is 0 Å². The lowest BCUT2D eigenvalue weighted by atomic mass is 9.91. The first kappa shape index (κ1) is 18.9. The van der Waals surface area contributed by atoms with Crippen LogP contribution in [0.25, 0.3) is 0 Å². The van der Waals surface area contributed by atoms with Crippen LogP contribution in [-0.4, -0.2) is 47.8 Å². The predicted molar refractivity (Wildman–Crippen MR) is 104 cm³/mol. The van der Waals surface area contributed by atoms with Gasteiger partial charge in [-0.25, -0.2) is 0 Å². The number of piperidine rings is 2. The van der Waals surface area contributed by atoms with Crippen LogP contribution in [0.4, 0.5) is 0 Å². The molecule has 0 unspecified atom stereocenters. The van der Waals surface area contributed by atoms with E-state index in [2.05, 4.69) is 27.7 Å². The molecule has 2 fully saturated rings. The Balaban J connectivity index is 1.68. The molecule has 0 aliphatic carbocycles. The first-order chi connectivity index (χ1) is 12.3. The van der Waals surface area contributed by atoms with Gasteiger partial charge in [0.2, 0.25) is 0 Å². The van der Waals surface area contributed by atoms with Crippen molar-refractivity contribution in [3.63, 3.8) is 0 Å². The quantitative estimate of drug-likeness (QED) is 0.806. The predicted octanol–water partition coefficient (Wildman–Crippen LogP) is 3.92. The minimum atomic E-state index is 0.0858. The van der Waals surface area contributed by atoms with E-state index in [0.29, 0.717) is 34.8 Å². The highest BCUT2D eigenvalue weighted by molar-refractivity contribution is 5.98. The molecule has 3 rings (SSSR count). The Morgan fingerprint density at radius 3 is 1.19 bits per heavy atom. The lowest BCUT2D eigenvalue weighted by Gasteiger charge is -2.35. The fourth-order valence-corrected chi connectivity index (χ4v) is 4.78. The molecular formula is C22H32N2O2. The van der Waals surface area contributed by atoms with E-state index in [1.54, 1.807) is 0 Å². The van der Waals surface area contributed by atoms with Crippen molar-refractivity contribution in [2.45, 2.75) is 40.5 Å². The van der Waals surface area contributed by atoms with Gasteiger partial charge < -0.3 is 9.80 Å². The van der Waals surface area contributed by atoms with Crippen LogP contribution in [0, 0.1) is 23.7 Å². The first-order valence-electron chi connectivity index (χ1n) is 10.0. The molecule has 26 heavy (non-hydrogen) atoms. The average Bonchev–Trinajstić information content (AvgIpc) is 2.59. The molecule has 0 N–H and O–H groups in total. The SMILES string of the molecule is C[C@@H]1C[C@H](C)CN(C(=O)c2ccc(C(=O)N3C[C@@H](C)C[C@H](C)C3)cc2)C1. The lowest BCUT2D eigenvalue weighted by molar-refractivity contribution is 0.0613. The highest BCUT2D eigenvalue weighted by Gasteiger charge is 2.28. The molecule has 4 atom stereocenters. The van der Waals surface area contributed by atoms with Gasteiger partial charge in [0.15, 0.2) is 0 Å². The molecule has 4 heteroatoms. The minimum absolute atomic E-state index is 0.0858. The molecule has 2 aliphatic heterocycles. The smallest absolute Gasteiger partial charge is 0.253 e. The third-order valence-electron chi connectivity index (χ3n) is 5.69. The second-order valence-electron chi connectivity index (χ2n) is 8.89. The van der Waals surface area contributed by atoms with E-state index in [1.165, 1.54) is 12.8 Å². The van der Waals surface area contributed by atoms with Crippen LogP contribution in [0.5, 0.6) is 0 Å². The van der Waals surface area contributed by atoms with Gasteiger partial charge in [-0.05, 0) is 60.8 Å². The summed E-state index contributed by atoms with van der Waals surface area (Å²) in [5, 5.41) is 0. The van der Waals surface area contributed by atoms with Crippen LogP contribution in [0.2, 0.25) is 0 Å². The zero-order chi connectivity index (χ0) is 18.8. The summed E-state index contributed by atoms with van der Waals surface area (Å²) in [5.74, 6) is 2.36. The van der Waals surface area contributed by atoms with Crippen LogP contribution < -0.4 is 0 Å². The second-order valence-corrected chi connectivity index (χ2v) is 8.89. The number of carbonyl (C=O) groups excluding carboxylic acids is 2. The highest BCUT2D eigenvalue weighted by atomic mass is 16.2. The maximum atomic E-state index is 12.8. The van der Waals surface area contributed by atoms with Gasteiger partial charge in [-0.2, -0.15) is 0 Å². The molecular weight excluding hydrogens is 324 g/mol. The van der Waals surface area contributed by atoms with Gasteiger partial charge in [-0.3, -0.25) is 9.59 Å². The van der Waals surface area contributed by atoms with Crippen molar-refractivity contribution in [3.05, 3.63) is 35.4 Å². The van der Waals surface area contributed by atoms with Crippen LogP contribution in [0.3, 0.4) is 0 Å². The Bertz CT molecular complexity index is 578. The molecule has 4 nitrogen and oxygen atoms in total. The largest absolute Gasteiger partial charge is 0.338 e. The fourth-order valence-electron chi connectivity index (χ4n) is 4.78. The zero-order valence-corrected chi connectivity index (χ0v) is 16.6. The van der Waals surface area contributed by atoms with Gasteiger partial charge in [0.25, 0.3) is 11.8 Å². The Kier molecular flexibility index (Phi) is 5.69.